The van der Waals surface area contributed by atoms with Crippen LogP contribution in [-0.4, -0.2) is 19.4 Å². The van der Waals surface area contributed by atoms with Crippen molar-refractivity contribution >= 4 is 27.4 Å². The first-order valence-corrected chi connectivity index (χ1v) is 5.28. The smallest absolute Gasteiger partial charge is 0.166 e. The van der Waals surface area contributed by atoms with E-state index in [0.29, 0.717) is 0 Å². The van der Waals surface area contributed by atoms with Crippen molar-refractivity contribution in [2.45, 2.75) is 6.42 Å². The van der Waals surface area contributed by atoms with Crippen LogP contribution in [0.2, 0.25) is 0 Å². The molecule has 0 heterocycles. The molecule has 0 unspecified atom stereocenters. The Hall–Kier alpha value is -1.34. The highest BCUT2D eigenvalue weighted by molar-refractivity contribution is 9.10. The van der Waals surface area contributed by atoms with E-state index in [1.54, 1.807) is 0 Å². The van der Waals surface area contributed by atoms with Gasteiger partial charge in [-0.05, 0) is 28.1 Å². The molecule has 4 heteroatoms. The summed E-state index contributed by atoms with van der Waals surface area (Å²) in [5.74, 6) is -0.0734. The van der Waals surface area contributed by atoms with Crippen LogP contribution in [0.1, 0.15) is 6.42 Å². The quantitative estimate of drug-likeness (QED) is 0.841. The van der Waals surface area contributed by atoms with Gasteiger partial charge in [0.15, 0.2) is 5.78 Å². The highest BCUT2D eigenvalue weighted by Gasteiger charge is 2.08. The highest BCUT2D eigenvalue weighted by atomic mass is 79.9. The summed E-state index contributed by atoms with van der Waals surface area (Å²) < 4.78 is 0.942. The van der Waals surface area contributed by atoms with Gasteiger partial charge in [-0.3, -0.25) is 4.79 Å². The summed E-state index contributed by atoms with van der Waals surface area (Å²) in [5, 5.41) is 8.38. The normalized spacial score (nSPS) is 9.40. The van der Waals surface area contributed by atoms with Crippen LogP contribution in [0.15, 0.2) is 28.7 Å². The molecule has 1 rings (SSSR count). The minimum Gasteiger partial charge on any atom is -0.366 e. The monoisotopic (exact) mass is 266 g/mol. The number of carbonyl (C=O) groups is 1. The van der Waals surface area contributed by atoms with Gasteiger partial charge in [-0.2, -0.15) is 5.26 Å². The molecule has 0 bridgehead atoms. The molecule has 0 fully saturated rings. The van der Waals surface area contributed by atoms with E-state index in [1.165, 1.54) is 0 Å². The van der Waals surface area contributed by atoms with Crippen LogP contribution in [0.25, 0.3) is 0 Å². The molecule has 0 aliphatic rings. The van der Waals surface area contributed by atoms with Crippen LogP contribution in [0.5, 0.6) is 0 Å². The Bertz CT molecular complexity index is 398. The van der Waals surface area contributed by atoms with E-state index >= 15 is 0 Å². The first kappa shape index (κ1) is 11.7. The second-order valence-electron chi connectivity index (χ2n) is 3.18. The third-order valence-corrected chi connectivity index (χ3v) is 2.62. The lowest BCUT2D eigenvalue weighted by Gasteiger charge is -2.19. The summed E-state index contributed by atoms with van der Waals surface area (Å²) in [5.41, 5.74) is 0.948. The maximum atomic E-state index is 11.3. The lowest BCUT2D eigenvalue weighted by Crippen LogP contribution is -2.25. The van der Waals surface area contributed by atoms with Crippen molar-refractivity contribution in [1.82, 2.24) is 0 Å². The van der Waals surface area contributed by atoms with Gasteiger partial charge in [0, 0.05) is 11.5 Å². The Morgan fingerprint density at radius 2 is 2.20 bits per heavy atom. The van der Waals surface area contributed by atoms with Gasteiger partial charge in [0.05, 0.1) is 24.7 Å². The van der Waals surface area contributed by atoms with Gasteiger partial charge in [-0.1, -0.05) is 12.1 Å². The molecule has 0 N–H and O–H groups in total. The third kappa shape index (κ3) is 3.37. The zero-order chi connectivity index (χ0) is 11.3. The van der Waals surface area contributed by atoms with Crippen molar-refractivity contribution in [2.24, 2.45) is 0 Å². The molecule has 0 amide bonds. The molecule has 0 spiro atoms. The van der Waals surface area contributed by atoms with Gasteiger partial charge < -0.3 is 4.90 Å². The Morgan fingerprint density at radius 3 is 2.80 bits per heavy atom. The summed E-state index contributed by atoms with van der Waals surface area (Å²) in [4.78, 5) is 13.1. The number of nitrogens with zero attached hydrogens (tertiary/aromatic N) is 2. The van der Waals surface area contributed by atoms with E-state index in [0.717, 1.165) is 10.2 Å². The van der Waals surface area contributed by atoms with Gasteiger partial charge in [0.25, 0.3) is 0 Å². The van der Waals surface area contributed by atoms with E-state index in [9.17, 15) is 4.79 Å². The molecule has 1 aromatic carbocycles. The first-order valence-electron chi connectivity index (χ1n) is 4.49. The summed E-state index contributed by atoms with van der Waals surface area (Å²) in [6.45, 7) is 0.260. The Balaban J connectivity index is 2.70. The van der Waals surface area contributed by atoms with Gasteiger partial charge >= 0.3 is 0 Å². The molecule has 1 aromatic rings. The van der Waals surface area contributed by atoms with Gasteiger partial charge in [0.1, 0.15) is 0 Å². The fourth-order valence-corrected chi connectivity index (χ4v) is 1.84. The van der Waals surface area contributed by atoms with Crippen molar-refractivity contribution in [3.63, 3.8) is 0 Å². The predicted octanol–water partition coefficient (Wildman–Crippen LogP) is 2.37. The first-order chi connectivity index (χ1) is 7.15. The standard InChI is InChI=1S/C11H11BrN2O/c1-14(8-9(15)6-7-13)11-5-3-2-4-10(11)12/h2-5H,6,8H2,1H3. The van der Waals surface area contributed by atoms with Crippen LogP contribution in [-0.2, 0) is 4.79 Å². The summed E-state index contributed by atoms with van der Waals surface area (Å²) in [6.07, 6.45) is -0.0329. The fourth-order valence-electron chi connectivity index (χ4n) is 1.26. The number of benzene rings is 1. The van der Waals surface area contributed by atoms with Crippen LogP contribution in [0.4, 0.5) is 5.69 Å². The summed E-state index contributed by atoms with van der Waals surface area (Å²) in [7, 11) is 1.83. The number of hydrogen-bond acceptors (Lipinski definition) is 3. The average Bonchev–Trinajstić information content (AvgIpc) is 2.18. The lowest BCUT2D eigenvalue weighted by atomic mass is 10.2. The van der Waals surface area contributed by atoms with Crippen LogP contribution < -0.4 is 4.90 Å². The molecule has 3 nitrogen and oxygen atoms in total. The topological polar surface area (TPSA) is 44.1 Å². The number of rotatable bonds is 4. The lowest BCUT2D eigenvalue weighted by molar-refractivity contribution is -0.116. The van der Waals surface area contributed by atoms with E-state index in [-0.39, 0.29) is 18.7 Å². The zero-order valence-corrected chi connectivity index (χ0v) is 9.99. The molecule has 0 radical (unpaired) electrons. The second-order valence-corrected chi connectivity index (χ2v) is 4.04. The number of ketones is 1. The van der Waals surface area contributed by atoms with Crippen molar-refractivity contribution < 1.29 is 4.79 Å². The maximum absolute atomic E-state index is 11.3. The molecular weight excluding hydrogens is 256 g/mol. The Morgan fingerprint density at radius 1 is 1.53 bits per heavy atom. The van der Waals surface area contributed by atoms with Crippen LogP contribution in [0.3, 0.4) is 0 Å². The minimum absolute atomic E-state index is 0.0329. The number of Topliss-reactive ketones (excluding diaryl/α,β-unsaturated/α-hetero) is 1. The van der Waals surface area contributed by atoms with E-state index in [4.69, 9.17) is 5.26 Å². The van der Waals surface area contributed by atoms with Crippen molar-refractivity contribution in [1.29, 1.82) is 5.26 Å². The van der Waals surface area contributed by atoms with Crippen LogP contribution in [0, 0.1) is 11.3 Å². The summed E-state index contributed by atoms with van der Waals surface area (Å²) >= 11 is 3.41. The number of halogens is 1. The van der Waals surface area contributed by atoms with Gasteiger partial charge in [0.2, 0.25) is 0 Å². The number of nitriles is 1. The number of likely N-dealkylation sites (N-methyl/N-ethyl adjacent to an activating group) is 1. The SMILES string of the molecule is CN(CC(=O)CC#N)c1ccccc1Br. The van der Waals surface area contributed by atoms with Gasteiger partial charge in [-0.25, -0.2) is 0 Å². The summed E-state index contributed by atoms with van der Waals surface area (Å²) in [6, 6.07) is 9.51. The number of para-hydroxylation sites is 1. The molecule has 0 aromatic heterocycles. The van der Waals surface area contributed by atoms with Crippen molar-refractivity contribution in [2.75, 3.05) is 18.5 Å². The molecule has 0 saturated carbocycles. The van der Waals surface area contributed by atoms with Crippen molar-refractivity contribution in [3.8, 4) is 6.07 Å². The molecule has 0 aliphatic carbocycles. The van der Waals surface area contributed by atoms with E-state index < -0.39 is 0 Å². The molecule has 0 aliphatic heterocycles. The highest BCUT2D eigenvalue weighted by Crippen LogP contribution is 2.24. The molecule has 0 saturated heterocycles. The molecule has 15 heavy (non-hydrogen) atoms. The fraction of sp³-hybridized carbons (Fsp3) is 0.273. The second kappa shape index (κ2) is 5.52. The van der Waals surface area contributed by atoms with E-state index in [1.807, 2.05) is 42.3 Å². The predicted molar refractivity (Wildman–Crippen MR) is 62.6 cm³/mol. The molecule has 0 atom stereocenters. The largest absolute Gasteiger partial charge is 0.366 e. The van der Waals surface area contributed by atoms with Crippen LogP contribution >= 0.6 is 15.9 Å². The number of hydrogen-bond donors (Lipinski definition) is 0. The molecular formula is C11H11BrN2O. The average molecular weight is 267 g/mol. The van der Waals surface area contributed by atoms with Gasteiger partial charge in [-0.15, -0.1) is 0 Å². The third-order valence-electron chi connectivity index (χ3n) is 1.95. The Labute approximate surface area is 97.4 Å². The number of anilines is 1. The zero-order valence-electron chi connectivity index (χ0n) is 8.40. The number of carbonyl (C=O) groups excluding carboxylic acids is 1. The Kier molecular flexibility index (Phi) is 4.32. The van der Waals surface area contributed by atoms with Crippen molar-refractivity contribution in [3.05, 3.63) is 28.7 Å². The van der Waals surface area contributed by atoms with E-state index in [2.05, 4.69) is 15.9 Å². The molecule has 78 valence electrons. The minimum atomic E-state index is -0.0734. The maximum Gasteiger partial charge on any atom is 0.166 e.